The summed E-state index contributed by atoms with van der Waals surface area (Å²) in [7, 11) is 1.54. The molecule has 1 aliphatic rings. The lowest BCUT2D eigenvalue weighted by Crippen LogP contribution is -2.42. The summed E-state index contributed by atoms with van der Waals surface area (Å²) < 4.78 is 4.15. The molecular weight excluding hydrogens is 373 g/mol. The third-order valence-corrected chi connectivity index (χ3v) is 5.77. The Balaban J connectivity index is 2.19. The summed E-state index contributed by atoms with van der Waals surface area (Å²) in [6.45, 7) is 5.28. The summed E-state index contributed by atoms with van der Waals surface area (Å²) in [6, 6.07) is 4.93. The highest BCUT2D eigenvalue weighted by Gasteiger charge is 2.65. The first kappa shape index (κ1) is 19.2. The third-order valence-electron chi connectivity index (χ3n) is 3.52. The lowest BCUT2D eigenvalue weighted by molar-refractivity contribution is -0.139. The Morgan fingerprint density at radius 1 is 1.38 bits per heavy atom. The van der Waals surface area contributed by atoms with Gasteiger partial charge in [0.15, 0.2) is 0 Å². The van der Waals surface area contributed by atoms with Crippen LogP contribution in [0.2, 0.25) is 10.0 Å². The fraction of sp³-hybridized carbons (Fsp3) is 0.500. The smallest absolute Gasteiger partial charge is 0.410 e. The van der Waals surface area contributed by atoms with Crippen LogP contribution < -0.4 is 0 Å². The van der Waals surface area contributed by atoms with Crippen molar-refractivity contribution in [1.82, 2.24) is 4.90 Å². The first-order chi connectivity index (χ1) is 11.0. The van der Waals surface area contributed by atoms with Gasteiger partial charge >= 0.3 is 12.1 Å². The molecule has 1 aromatic carbocycles. The molecule has 24 heavy (non-hydrogen) atoms. The van der Waals surface area contributed by atoms with E-state index in [4.69, 9.17) is 27.9 Å². The lowest BCUT2D eigenvalue weighted by atomic mass is 9.98. The SMILES string of the molecule is CN(C(=O)OC(C)(C)C)C1S[C@@]1(Cc1cc(Cl)ccc1Cl)C(=O)O. The van der Waals surface area contributed by atoms with Gasteiger partial charge in [-0.05, 0) is 44.5 Å². The van der Waals surface area contributed by atoms with Gasteiger partial charge in [0.1, 0.15) is 15.7 Å². The molecule has 1 heterocycles. The zero-order valence-electron chi connectivity index (χ0n) is 13.8. The number of rotatable bonds is 4. The molecule has 1 saturated heterocycles. The number of nitrogens with zero attached hydrogens (tertiary/aromatic N) is 1. The monoisotopic (exact) mass is 391 g/mol. The van der Waals surface area contributed by atoms with E-state index in [1.807, 2.05) is 0 Å². The number of amides is 1. The number of aliphatic carboxylic acids is 1. The first-order valence-corrected chi connectivity index (χ1v) is 8.91. The van der Waals surface area contributed by atoms with Gasteiger partial charge < -0.3 is 9.84 Å². The molecule has 2 rings (SSSR count). The summed E-state index contributed by atoms with van der Waals surface area (Å²) >= 11 is 13.3. The third kappa shape index (κ3) is 4.10. The Morgan fingerprint density at radius 3 is 2.54 bits per heavy atom. The quantitative estimate of drug-likeness (QED) is 0.774. The minimum absolute atomic E-state index is 0.171. The van der Waals surface area contributed by atoms with Crippen molar-refractivity contribution < 1.29 is 19.4 Å². The maximum absolute atomic E-state index is 12.2. The van der Waals surface area contributed by atoms with Gasteiger partial charge in [-0.2, -0.15) is 0 Å². The molecule has 1 unspecified atom stereocenters. The van der Waals surface area contributed by atoms with E-state index in [0.29, 0.717) is 15.6 Å². The van der Waals surface area contributed by atoms with E-state index < -0.39 is 27.8 Å². The summed E-state index contributed by atoms with van der Waals surface area (Å²) in [5.41, 5.74) is -0.00768. The fourth-order valence-electron chi connectivity index (χ4n) is 2.31. The first-order valence-electron chi connectivity index (χ1n) is 7.27. The van der Waals surface area contributed by atoms with Crippen molar-refractivity contribution >= 4 is 47.0 Å². The Kier molecular flexibility index (Phi) is 5.33. The summed E-state index contributed by atoms with van der Waals surface area (Å²) in [4.78, 5) is 25.3. The predicted molar refractivity (Wildman–Crippen MR) is 95.9 cm³/mol. The van der Waals surface area contributed by atoms with E-state index in [2.05, 4.69) is 0 Å². The second-order valence-electron chi connectivity index (χ2n) is 6.67. The Hall–Kier alpha value is -1.11. The van der Waals surface area contributed by atoms with E-state index in [1.165, 1.54) is 23.7 Å². The molecule has 0 bridgehead atoms. The second kappa shape index (κ2) is 6.65. The van der Waals surface area contributed by atoms with Crippen LogP contribution in [0.1, 0.15) is 26.3 Å². The standard InChI is InChI=1S/C16H19Cl2NO4S/c1-15(2,3)23-14(22)19(4)12-16(24-12,13(20)21)8-9-7-10(17)5-6-11(9)18/h5-7,12H,8H2,1-4H3,(H,20,21)/t12?,16-/m1/s1. The molecule has 1 fully saturated rings. The normalized spacial score (nSPS) is 22.8. The van der Waals surface area contributed by atoms with Crippen molar-refractivity contribution in [2.75, 3.05) is 7.05 Å². The van der Waals surface area contributed by atoms with Gasteiger partial charge in [0.25, 0.3) is 0 Å². The zero-order chi connectivity index (χ0) is 18.3. The van der Waals surface area contributed by atoms with Crippen LogP contribution >= 0.6 is 35.0 Å². The topological polar surface area (TPSA) is 66.8 Å². The molecule has 0 radical (unpaired) electrons. The van der Waals surface area contributed by atoms with Gasteiger partial charge in [-0.15, -0.1) is 11.8 Å². The average molecular weight is 392 g/mol. The van der Waals surface area contributed by atoms with Crippen LogP contribution in [-0.2, 0) is 16.0 Å². The number of thioether (sulfide) groups is 1. The van der Waals surface area contributed by atoms with Crippen molar-refractivity contribution in [2.24, 2.45) is 0 Å². The van der Waals surface area contributed by atoms with Gasteiger partial charge in [0.2, 0.25) is 0 Å². The van der Waals surface area contributed by atoms with E-state index in [-0.39, 0.29) is 6.42 Å². The molecule has 1 aromatic rings. The Bertz CT molecular complexity index is 677. The number of carbonyl (C=O) groups excluding carboxylic acids is 1. The molecule has 0 spiro atoms. The van der Waals surface area contributed by atoms with E-state index >= 15 is 0 Å². The molecule has 2 atom stereocenters. The number of carbonyl (C=O) groups is 2. The number of halogens is 2. The number of carboxylic acid groups (broad SMARTS) is 1. The highest BCUT2D eigenvalue weighted by atomic mass is 35.5. The van der Waals surface area contributed by atoms with Crippen LogP contribution in [0.15, 0.2) is 18.2 Å². The van der Waals surface area contributed by atoms with Gasteiger partial charge in [0.05, 0.1) is 0 Å². The van der Waals surface area contributed by atoms with Crippen molar-refractivity contribution in [3.05, 3.63) is 33.8 Å². The van der Waals surface area contributed by atoms with E-state index in [0.717, 1.165) is 0 Å². The summed E-state index contributed by atoms with van der Waals surface area (Å²) in [6.07, 6.45) is -0.384. The van der Waals surface area contributed by atoms with E-state index in [9.17, 15) is 14.7 Å². The minimum atomic E-state index is -1.15. The van der Waals surface area contributed by atoms with Crippen LogP contribution in [0, 0.1) is 0 Å². The summed E-state index contributed by atoms with van der Waals surface area (Å²) in [5.74, 6) is -0.996. The largest absolute Gasteiger partial charge is 0.480 e. The number of hydrogen-bond donors (Lipinski definition) is 1. The lowest BCUT2D eigenvalue weighted by Gasteiger charge is -2.25. The van der Waals surface area contributed by atoms with Crippen LogP contribution in [0.3, 0.4) is 0 Å². The molecule has 8 heteroatoms. The molecule has 0 aromatic heterocycles. The molecule has 1 aliphatic heterocycles. The van der Waals surface area contributed by atoms with Crippen molar-refractivity contribution in [1.29, 1.82) is 0 Å². The highest BCUT2D eigenvalue weighted by molar-refractivity contribution is 8.09. The number of carboxylic acids is 1. The van der Waals surface area contributed by atoms with Crippen LogP contribution in [0.5, 0.6) is 0 Å². The molecule has 5 nitrogen and oxygen atoms in total. The maximum Gasteiger partial charge on any atom is 0.410 e. The number of ether oxygens (including phenoxy) is 1. The fourth-order valence-corrected chi connectivity index (χ4v) is 3.94. The van der Waals surface area contributed by atoms with E-state index in [1.54, 1.807) is 39.0 Å². The van der Waals surface area contributed by atoms with Crippen molar-refractivity contribution in [2.45, 2.75) is 42.9 Å². The van der Waals surface area contributed by atoms with Crippen molar-refractivity contribution in [3.8, 4) is 0 Å². The van der Waals surface area contributed by atoms with Gasteiger partial charge in [-0.25, -0.2) is 4.79 Å². The molecule has 1 amide bonds. The number of benzene rings is 1. The average Bonchev–Trinajstić information content (AvgIpc) is 3.16. The van der Waals surface area contributed by atoms with Crippen LogP contribution in [0.25, 0.3) is 0 Å². The molecule has 0 saturated carbocycles. The van der Waals surface area contributed by atoms with Crippen molar-refractivity contribution in [3.63, 3.8) is 0 Å². The second-order valence-corrected chi connectivity index (χ2v) is 8.92. The molecular formula is C16H19Cl2NO4S. The number of hydrogen-bond acceptors (Lipinski definition) is 4. The minimum Gasteiger partial charge on any atom is -0.480 e. The zero-order valence-corrected chi connectivity index (χ0v) is 16.1. The van der Waals surface area contributed by atoms with Gasteiger partial charge in [0, 0.05) is 23.5 Å². The maximum atomic E-state index is 12.2. The Labute approximate surface area is 155 Å². The molecule has 132 valence electrons. The van der Waals surface area contributed by atoms with Gasteiger partial charge in [-0.1, -0.05) is 23.2 Å². The highest BCUT2D eigenvalue weighted by Crippen LogP contribution is 2.57. The van der Waals surface area contributed by atoms with Crippen LogP contribution in [-0.4, -0.2) is 44.8 Å². The Morgan fingerprint density at radius 2 is 2.00 bits per heavy atom. The predicted octanol–water partition coefficient (Wildman–Crippen LogP) is 4.30. The van der Waals surface area contributed by atoms with Crippen LogP contribution in [0.4, 0.5) is 4.79 Å². The molecule has 1 N–H and O–H groups in total. The summed E-state index contributed by atoms with van der Waals surface area (Å²) in [5, 5.41) is 10.1. The van der Waals surface area contributed by atoms with Gasteiger partial charge in [-0.3, -0.25) is 9.69 Å². The molecule has 0 aliphatic carbocycles.